The van der Waals surface area contributed by atoms with E-state index >= 15 is 0 Å². The van der Waals surface area contributed by atoms with Gasteiger partial charge in [0.1, 0.15) is 18.3 Å². The Morgan fingerprint density at radius 1 is 0.822 bits per heavy atom. The number of unbranched alkanes of at least 4 members (excludes halogenated alkanes) is 1. The van der Waals surface area contributed by atoms with Crippen molar-refractivity contribution in [1.82, 2.24) is 0 Å². The number of cyclic esters (lactones) is 1. The summed E-state index contributed by atoms with van der Waals surface area (Å²) >= 11 is 0. The van der Waals surface area contributed by atoms with Crippen LogP contribution in [0.15, 0.2) is 48.1 Å². The van der Waals surface area contributed by atoms with Gasteiger partial charge in [-0.3, -0.25) is 14.4 Å². The van der Waals surface area contributed by atoms with E-state index in [1.807, 2.05) is 13.0 Å². The van der Waals surface area contributed by atoms with Crippen molar-refractivity contribution in [3.8, 4) is 0 Å². The summed E-state index contributed by atoms with van der Waals surface area (Å²) in [7, 11) is 1.18. The number of aliphatic hydroxyl groups excluding tert-OH is 2. The zero-order chi connectivity index (χ0) is 53.1. The second kappa shape index (κ2) is 23.1. The van der Waals surface area contributed by atoms with E-state index in [0.29, 0.717) is 24.2 Å². The Morgan fingerprint density at radius 3 is 2.14 bits per heavy atom. The van der Waals surface area contributed by atoms with Crippen molar-refractivity contribution >= 4 is 29.8 Å². The van der Waals surface area contributed by atoms with Crippen LogP contribution >= 0.6 is 0 Å². The Bertz CT molecular complexity index is 2090. The van der Waals surface area contributed by atoms with Gasteiger partial charge >= 0.3 is 29.8 Å². The molecule has 0 spiro atoms. The van der Waals surface area contributed by atoms with Crippen LogP contribution in [0.1, 0.15) is 158 Å². The number of fused-ring (bicyclic) bond motifs is 6. The Hall–Kier alpha value is -3.97. The van der Waals surface area contributed by atoms with Gasteiger partial charge in [0.15, 0.2) is 11.9 Å². The molecule has 8 aliphatic rings. The summed E-state index contributed by atoms with van der Waals surface area (Å²) in [5.41, 5.74) is -2.72. The highest BCUT2D eigenvalue weighted by atomic mass is 16.7. The minimum absolute atomic E-state index is 0.0808. The molecule has 4 N–H and O–H groups in total. The van der Waals surface area contributed by atoms with Crippen molar-refractivity contribution in [2.45, 2.75) is 230 Å². The molecule has 4 heterocycles. The van der Waals surface area contributed by atoms with Crippen molar-refractivity contribution in [2.75, 3.05) is 7.11 Å². The van der Waals surface area contributed by atoms with Gasteiger partial charge in [-0.1, -0.05) is 71.4 Å². The third-order valence-electron chi connectivity index (χ3n) is 16.9. The molecule has 12 atom stereocenters. The summed E-state index contributed by atoms with van der Waals surface area (Å²) in [6.45, 7) is 11.4. The van der Waals surface area contributed by atoms with Crippen molar-refractivity contribution in [2.24, 2.45) is 34.0 Å². The lowest BCUT2D eigenvalue weighted by molar-refractivity contribution is -0.350. The van der Waals surface area contributed by atoms with Gasteiger partial charge in [0, 0.05) is 63.0 Å². The lowest BCUT2D eigenvalue weighted by Gasteiger charge is -2.56. The number of esters is 5. The lowest BCUT2D eigenvalue weighted by atomic mass is 9.49. The summed E-state index contributed by atoms with van der Waals surface area (Å²) in [4.78, 5) is 67.0. The molecule has 3 saturated heterocycles. The number of carbonyl (C=O) groups excluding carboxylic acids is 5. The molecule has 0 aromatic heterocycles. The third-order valence-corrected chi connectivity index (χ3v) is 16.9. The second-order valence-electron chi connectivity index (χ2n) is 23.7. The van der Waals surface area contributed by atoms with Gasteiger partial charge in [0.05, 0.1) is 62.0 Å². The number of carbonyl (C=O) groups is 5. The summed E-state index contributed by atoms with van der Waals surface area (Å²) in [6.07, 6.45) is 7.99. The standard InChI is InChI=1S/C56H82O17/c1-9-10-11-12-13-14-47(60)71-51-38(21-48(61)66-8)20-42-26-45(33(2)57)70-49(62)23-39(59)22-43-27-46(67-34(3)58)53(6,7)55(64,72-43)31-44-25-41(24-40(68-44)15-16-52(4,5)56(51,65)73-42)69-50(63)32-54-28-35-17-36(29-54)19-37(18-35)30-54/h11-16,21,33,35-37,39-46,51,57,59,64-65H,9-10,17-20,22-32H2,1-8H3/b12-11+,14-13+,16-15+,38-21+/t33-,35?,36?,37?,39-,40+,41-,42+,43?,44+,45-,46+,51+,54?,55+,56-/m1/s1. The van der Waals surface area contributed by atoms with Crippen LogP contribution in [-0.4, -0.2) is 130 Å². The molecule has 0 aromatic carbocycles. The maximum atomic E-state index is 14.2. The number of hydrogen-bond donors (Lipinski definition) is 4. The first-order valence-corrected chi connectivity index (χ1v) is 26.7. The highest BCUT2D eigenvalue weighted by molar-refractivity contribution is 5.84. The molecule has 7 fully saturated rings. The quantitative estimate of drug-likeness (QED) is 0.0554. The van der Waals surface area contributed by atoms with Crippen LogP contribution in [0, 0.1) is 34.0 Å². The predicted octanol–water partition coefficient (Wildman–Crippen LogP) is 6.70. The van der Waals surface area contributed by atoms with E-state index in [0.717, 1.165) is 38.2 Å². The van der Waals surface area contributed by atoms with Gasteiger partial charge in [-0.15, -0.1) is 0 Å². The molecular formula is C56H82O17. The molecule has 0 radical (unpaired) electrons. The Labute approximate surface area is 430 Å². The smallest absolute Gasteiger partial charge is 0.331 e. The van der Waals surface area contributed by atoms with E-state index < -0.39 is 114 Å². The summed E-state index contributed by atoms with van der Waals surface area (Å²) in [5.74, 6) is -6.02. The molecule has 0 aromatic rings. The largest absolute Gasteiger partial charge is 0.466 e. The number of aliphatic hydroxyl groups is 4. The van der Waals surface area contributed by atoms with Crippen molar-refractivity contribution in [3.05, 3.63) is 48.1 Å². The number of allylic oxidation sites excluding steroid dienone is 3. The molecule has 17 heteroatoms. The summed E-state index contributed by atoms with van der Waals surface area (Å²) in [6, 6.07) is 0. The number of hydrogen-bond acceptors (Lipinski definition) is 17. The van der Waals surface area contributed by atoms with Gasteiger partial charge in [0.2, 0.25) is 5.79 Å². The van der Waals surface area contributed by atoms with Gasteiger partial charge in [0.25, 0.3) is 0 Å². The van der Waals surface area contributed by atoms with Crippen LogP contribution in [0.3, 0.4) is 0 Å². The van der Waals surface area contributed by atoms with E-state index in [1.165, 1.54) is 52.4 Å². The fraction of sp³-hybridized carbons (Fsp3) is 0.768. The molecule has 0 amide bonds. The molecule has 8 rings (SSSR count). The Kier molecular flexibility index (Phi) is 18.0. The van der Waals surface area contributed by atoms with Gasteiger partial charge in [-0.2, -0.15) is 0 Å². The molecule has 4 saturated carbocycles. The maximum Gasteiger partial charge on any atom is 0.331 e. The minimum atomic E-state index is -2.47. The molecule has 17 nitrogen and oxygen atoms in total. The van der Waals surface area contributed by atoms with Crippen LogP contribution in [0.5, 0.6) is 0 Å². The van der Waals surface area contributed by atoms with Crippen molar-refractivity contribution in [3.63, 3.8) is 0 Å². The Morgan fingerprint density at radius 2 is 1.51 bits per heavy atom. The first-order valence-electron chi connectivity index (χ1n) is 26.7. The number of ether oxygens (including phenoxy) is 8. The van der Waals surface area contributed by atoms with Gasteiger partial charge < -0.3 is 58.3 Å². The fourth-order valence-electron chi connectivity index (χ4n) is 13.4. The molecule has 4 aliphatic heterocycles. The van der Waals surface area contributed by atoms with Crippen LogP contribution < -0.4 is 0 Å². The first kappa shape index (κ1) is 56.8. The lowest BCUT2D eigenvalue weighted by Crippen LogP contribution is -2.62. The SMILES string of the molecule is CCC/C=C/C=C/C(=O)O[C@H]1/C(=C/C(=O)OC)C[C@H]2C[C@H]([C@@H](C)O)OC(=O)C[C@H](O)CC3C[C@H](OC(C)=O)C(C)(C)[C@](O)(C[C@@H]4C[C@H](OC(=O)CC56CC7CC(CC(C7)C5)C6)C[C@H](/C=C/C(C)(C)[C@]1(O)O2)O4)O3. The topological polar surface area (TPSA) is 240 Å². The highest BCUT2D eigenvalue weighted by Crippen LogP contribution is 2.61. The number of rotatable bonds is 11. The van der Waals surface area contributed by atoms with Gasteiger partial charge in [-0.25, -0.2) is 9.59 Å². The molecule has 4 aliphatic carbocycles. The Balaban J connectivity index is 1.27. The zero-order valence-electron chi connectivity index (χ0n) is 44.2. The average Bonchev–Trinajstić information content (AvgIpc) is 3.27. The van der Waals surface area contributed by atoms with Crippen LogP contribution in [-0.2, 0) is 61.9 Å². The molecule has 1 unspecified atom stereocenters. The van der Waals surface area contributed by atoms with Crippen molar-refractivity contribution in [1.29, 1.82) is 0 Å². The normalized spacial score (nSPS) is 40.8. The van der Waals surface area contributed by atoms with E-state index in [9.17, 15) is 44.4 Å². The third kappa shape index (κ3) is 13.5. The van der Waals surface area contributed by atoms with Crippen LogP contribution in [0.25, 0.3) is 0 Å². The van der Waals surface area contributed by atoms with Crippen molar-refractivity contribution < 1.29 is 82.3 Å². The molecular weight excluding hydrogens is 945 g/mol. The fourth-order valence-corrected chi connectivity index (χ4v) is 13.4. The van der Waals surface area contributed by atoms with E-state index in [4.69, 9.17) is 37.9 Å². The van der Waals surface area contributed by atoms with E-state index in [2.05, 4.69) is 0 Å². The molecule has 10 bridgehead atoms. The van der Waals surface area contributed by atoms with E-state index in [-0.39, 0.29) is 61.9 Å². The predicted molar refractivity (Wildman–Crippen MR) is 263 cm³/mol. The van der Waals surface area contributed by atoms with Crippen LogP contribution in [0.2, 0.25) is 0 Å². The zero-order valence-corrected chi connectivity index (χ0v) is 44.2. The highest BCUT2D eigenvalue weighted by Gasteiger charge is 2.60. The molecule has 73 heavy (non-hydrogen) atoms. The maximum absolute atomic E-state index is 14.2. The average molecular weight is 1030 g/mol. The first-order chi connectivity index (χ1) is 34.3. The van der Waals surface area contributed by atoms with Crippen LogP contribution in [0.4, 0.5) is 0 Å². The van der Waals surface area contributed by atoms with E-state index in [1.54, 1.807) is 45.9 Å². The summed E-state index contributed by atoms with van der Waals surface area (Å²) in [5, 5.41) is 48.3. The minimum Gasteiger partial charge on any atom is -0.466 e. The number of methoxy groups -OCH3 is 1. The second-order valence-corrected chi connectivity index (χ2v) is 23.7. The monoisotopic (exact) mass is 1030 g/mol. The summed E-state index contributed by atoms with van der Waals surface area (Å²) < 4.78 is 48.9. The van der Waals surface area contributed by atoms with Gasteiger partial charge in [-0.05, 0) is 87.0 Å². The molecule has 408 valence electrons.